The van der Waals surface area contributed by atoms with E-state index in [2.05, 4.69) is 10.3 Å². The second-order valence-electron chi connectivity index (χ2n) is 3.90. The first kappa shape index (κ1) is 13.2. The molecular formula is C12H16N2O3. The number of hydrogen-bond acceptors (Lipinski definition) is 3. The summed E-state index contributed by atoms with van der Waals surface area (Å²) in [5, 5.41) is 11.3. The molecule has 0 spiro atoms. The van der Waals surface area contributed by atoms with Gasteiger partial charge in [-0.3, -0.25) is 14.6 Å². The van der Waals surface area contributed by atoms with Crippen molar-refractivity contribution in [2.24, 2.45) is 5.92 Å². The maximum atomic E-state index is 11.4. The highest BCUT2D eigenvalue weighted by Gasteiger charge is 2.14. The molecule has 1 amide bonds. The molecule has 0 bridgehead atoms. The lowest BCUT2D eigenvalue weighted by Gasteiger charge is -2.07. The summed E-state index contributed by atoms with van der Waals surface area (Å²) in [6.45, 7) is 2.03. The summed E-state index contributed by atoms with van der Waals surface area (Å²) in [4.78, 5) is 25.8. The Kier molecular flexibility index (Phi) is 5.13. The van der Waals surface area contributed by atoms with Crippen molar-refractivity contribution in [3.63, 3.8) is 0 Å². The normalized spacial score (nSPS) is 11.8. The van der Waals surface area contributed by atoms with Gasteiger partial charge in [0.25, 0.3) is 0 Å². The van der Waals surface area contributed by atoms with Crippen LogP contribution in [0.15, 0.2) is 24.5 Å². The Balaban J connectivity index is 2.23. The zero-order valence-electron chi connectivity index (χ0n) is 9.72. The summed E-state index contributed by atoms with van der Waals surface area (Å²) >= 11 is 0. The largest absolute Gasteiger partial charge is 0.481 e. The summed E-state index contributed by atoms with van der Waals surface area (Å²) < 4.78 is 0. The summed E-state index contributed by atoms with van der Waals surface area (Å²) in [6.07, 6.45) is 4.13. The van der Waals surface area contributed by atoms with E-state index in [1.165, 1.54) is 6.92 Å². The molecule has 0 saturated carbocycles. The quantitative estimate of drug-likeness (QED) is 0.767. The molecule has 1 heterocycles. The molecular weight excluding hydrogens is 220 g/mol. The van der Waals surface area contributed by atoms with Crippen LogP contribution in [-0.2, 0) is 16.0 Å². The SMILES string of the molecule is CC(CC(=O)NCCc1ccncc1)C(=O)O. The Labute approximate surface area is 99.9 Å². The molecule has 1 aromatic rings. The number of aliphatic carboxylic acids is 1. The highest BCUT2D eigenvalue weighted by atomic mass is 16.4. The smallest absolute Gasteiger partial charge is 0.306 e. The van der Waals surface area contributed by atoms with Gasteiger partial charge in [-0.1, -0.05) is 6.92 Å². The fourth-order valence-corrected chi connectivity index (χ4v) is 1.33. The van der Waals surface area contributed by atoms with E-state index in [1.807, 2.05) is 12.1 Å². The predicted octanol–water partition coefficient (Wildman–Crippen LogP) is 0.851. The molecule has 0 saturated heterocycles. The van der Waals surface area contributed by atoms with Crippen LogP contribution in [0.2, 0.25) is 0 Å². The minimum absolute atomic E-state index is 0.0195. The van der Waals surface area contributed by atoms with Gasteiger partial charge in [-0.25, -0.2) is 0 Å². The van der Waals surface area contributed by atoms with E-state index in [-0.39, 0.29) is 12.3 Å². The molecule has 0 aromatic carbocycles. The number of nitrogens with zero attached hydrogens (tertiary/aromatic N) is 1. The molecule has 1 aromatic heterocycles. The number of nitrogens with one attached hydrogen (secondary N) is 1. The first-order valence-corrected chi connectivity index (χ1v) is 5.48. The zero-order chi connectivity index (χ0) is 12.7. The van der Waals surface area contributed by atoms with Gasteiger partial charge in [0.2, 0.25) is 5.91 Å². The molecule has 0 radical (unpaired) electrons. The monoisotopic (exact) mass is 236 g/mol. The van der Waals surface area contributed by atoms with Crippen LogP contribution >= 0.6 is 0 Å². The number of carbonyl (C=O) groups is 2. The number of carboxylic acids is 1. The van der Waals surface area contributed by atoms with Gasteiger partial charge >= 0.3 is 5.97 Å². The van der Waals surface area contributed by atoms with Gasteiger partial charge in [-0.05, 0) is 24.1 Å². The van der Waals surface area contributed by atoms with Gasteiger partial charge in [0.15, 0.2) is 0 Å². The first-order chi connectivity index (χ1) is 8.09. The van der Waals surface area contributed by atoms with Crippen LogP contribution in [0.4, 0.5) is 0 Å². The number of pyridine rings is 1. The van der Waals surface area contributed by atoms with E-state index >= 15 is 0 Å². The Bertz CT molecular complexity index is 379. The minimum Gasteiger partial charge on any atom is -0.481 e. The highest BCUT2D eigenvalue weighted by Crippen LogP contribution is 2.01. The third-order valence-corrected chi connectivity index (χ3v) is 2.40. The number of hydrogen-bond donors (Lipinski definition) is 2. The summed E-state index contributed by atoms with van der Waals surface area (Å²) in [5.41, 5.74) is 1.09. The van der Waals surface area contributed by atoms with Crippen LogP contribution in [0.1, 0.15) is 18.9 Å². The topological polar surface area (TPSA) is 79.3 Å². The number of aromatic nitrogens is 1. The van der Waals surface area contributed by atoms with Crippen LogP contribution in [0.5, 0.6) is 0 Å². The third-order valence-electron chi connectivity index (χ3n) is 2.40. The molecule has 0 aliphatic rings. The van der Waals surface area contributed by atoms with Gasteiger partial charge in [0, 0.05) is 25.4 Å². The summed E-state index contributed by atoms with van der Waals surface area (Å²) in [7, 11) is 0. The van der Waals surface area contributed by atoms with Crippen molar-refractivity contribution >= 4 is 11.9 Å². The van der Waals surface area contributed by atoms with Crippen LogP contribution in [0.25, 0.3) is 0 Å². The van der Waals surface area contributed by atoms with Gasteiger partial charge in [0.05, 0.1) is 5.92 Å². The van der Waals surface area contributed by atoms with Crippen LogP contribution in [0.3, 0.4) is 0 Å². The maximum Gasteiger partial charge on any atom is 0.306 e. The van der Waals surface area contributed by atoms with Gasteiger partial charge in [-0.15, -0.1) is 0 Å². The molecule has 1 rings (SSSR count). The average molecular weight is 236 g/mol. The number of carboxylic acid groups (broad SMARTS) is 1. The van der Waals surface area contributed by atoms with Crippen molar-refractivity contribution in [1.29, 1.82) is 0 Å². The standard InChI is InChI=1S/C12H16N2O3/c1-9(12(16)17)8-11(15)14-7-4-10-2-5-13-6-3-10/h2-3,5-6,9H,4,7-8H2,1H3,(H,14,15)(H,16,17). The second-order valence-corrected chi connectivity index (χ2v) is 3.90. The van der Waals surface area contributed by atoms with Gasteiger partial charge < -0.3 is 10.4 Å². The molecule has 0 aliphatic carbocycles. The molecule has 17 heavy (non-hydrogen) atoms. The Morgan fingerprint density at radius 1 is 1.41 bits per heavy atom. The molecule has 5 nitrogen and oxygen atoms in total. The maximum absolute atomic E-state index is 11.4. The van der Waals surface area contributed by atoms with Crippen LogP contribution in [-0.4, -0.2) is 28.5 Å². The predicted molar refractivity (Wildman–Crippen MR) is 62.4 cm³/mol. The van der Waals surface area contributed by atoms with Crippen molar-refractivity contribution in [3.05, 3.63) is 30.1 Å². The van der Waals surface area contributed by atoms with Crippen LogP contribution in [0, 0.1) is 5.92 Å². The Hall–Kier alpha value is -1.91. The summed E-state index contributed by atoms with van der Waals surface area (Å²) in [6, 6.07) is 3.76. The average Bonchev–Trinajstić information content (AvgIpc) is 2.30. The molecule has 1 atom stereocenters. The molecule has 2 N–H and O–H groups in total. The third kappa shape index (κ3) is 5.10. The molecule has 0 fully saturated rings. The van der Waals surface area contributed by atoms with E-state index in [9.17, 15) is 9.59 Å². The fourth-order valence-electron chi connectivity index (χ4n) is 1.33. The fraction of sp³-hybridized carbons (Fsp3) is 0.417. The van der Waals surface area contributed by atoms with E-state index in [4.69, 9.17) is 5.11 Å². The van der Waals surface area contributed by atoms with Crippen molar-refractivity contribution in [2.45, 2.75) is 19.8 Å². The molecule has 92 valence electrons. The minimum atomic E-state index is -0.950. The number of amides is 1. The molecule has 0 aliphatic heterocycles. The van der Waals surface area contributed by atoms with E-state index in [1.54, 1.807) is 12.4 Å². The number of rotatable bonds is 6. The van der Waals surface area contributed by atoms with Crippen molar-refractivity contribution in [3.8, 4) is 0 Å². The molecule has 1 unspecified atom stereocenters. The Morgan fingerprint density at radius 3 is 2.65 bits per heavy atom. The zero-order valence-corrected chi connectivity index (χ0v) is 9.72. The van der Waals surface area contributed by atoms with Crippen molar-refractivity contribution < 1.29 is 14.7 Å². The van der Waals surface area contributed by atoms with Gasteiger partial charge in [-0.2, -0.15) is 0 Å². The van der Waals surface area contributed by atoms with E-state index < -0.39 is 11.9 Å². The second kappa shape index (κ2) is 6.62. The van der Waals surface area contributed by atoms with Crippen LogP contribution < -0.4 is 5.32 Å². The van der Waals surface area contributed by atoms with Crippen molar-refractivity contribution in [1.82, 2.24) is 10.3 Å². The molecule has 5 heteroatoms. The highest BCUT2D eigenvalue weighted by molar-refractivity contribution is 5.81. The number of carbonyl (C=O) groups excluding carboxylic acids is 1. The Morgan fingerprint density at radius 2 is 2.06 bits per heavy atom. The first-order valence-electron chi connectivity index (χ1n) is 5.48. The lowest BCUT2D eigenvalue weighted by Crippen LogP contribution is -2.28. The lowest BCUT2D eigenvalue weighted by molar-refractivity contribution is -0.143. The van der Waals surface area contributed by atoms with E-state index in [0.717, 1.165) is 12.0 Å². The summed E-state index contributed by atoms with van der Waals surface area (Å²) in [5.74, 6) is -1.82. The van der Waals surface area contributed by atoms with Crippen molar-refractivity contribution in [2.75, 3.05) is 6.54 Å². The van der Waals surface area contributed by atoms with E-state index in [0.29, 0.717) is 6.54 Å². The lowest BCUT2D eigenvalue weighted by atomic mass is 10.1. The van der Waals surface area contributed by atoms with Gasteiger partial charge in [0.1, 0.15) is 0 Å².